The zero-order valence-electron chi connectivity index (χ0n) is 9.37. The Morgan fingerprint density at radius 1 is 1.47 bits per heavy atom. The van der Waals surface area contributed by atoms with Crippen molar-refractivity contribution in [1.82, 2.24) is 14.5 Å². The number of fused-ring (bicyclic) bond motifs is 1. The predicted molar refractivity (Wildman–Crippen MR) is 60.5 cm³/mol. The maximum absolute atomic E-state index is 11.9. The van der Waals surface area contributed by atoms with Gasteiger partial charge in [-0.2, -0.15) is 0 Å². The highest BCUT2D eigenvalue weighted by Gasteiger charge is 2.20. The van der Waals surface area contributed by atoms with Gasteiger partial charge in [-0.15, -0.1) is 0 Å². The standard InChI is InChI=1S/C12H13N3O2/c16-10(11-2-1-7-17-11)8-14-5-6-15-4-3-13-12(15)9-14/h1-4,7H,5-6,8-9H2. The van der Waals surface area contributed by atoms with E-state index in [9.17, 15) is 4.79 Å². The van der Waals surface area contributed by atoms with Gasteiger partial charge in [0.25, 0.3) is 0 Å². The number of nitrogens with zero attached hydrogens (tertiary/aromatic N) is 3. The van der Waals surface area contributed by atoms with Crippen molar-refractivity contribution >= 4 is 5.78 Å². The minimum Gasteiger partial charge on any atom is -0.461 e. The quantitative estimate of drug-likeness (QED) is 0.744. The Morgan fingerprint density at radius 2 is 2.41 bits per heavy atom. The smallest absolute Gasteiger partial charge is 0.211 e. The predicted octanol–water partition coefficient (Wildman–Crippen LogP) is 1.17. The second-order valence-corrected chi connectivity index (χ2v) is 4.15. The second kappa shape index (κ2) is 4.18. The summed E-state index contributed by atoms with van der Waals surface area (Å²) >= 11 is 0. The normalized spacial score (nSPS) is 15.8. The van der Waals surface area contributed by atoms with Crippen LogP contribution in [-0.4, -0.2) is 33.3 Å². The average molecular weight is 231 g/mol. The van der Waals surface area contributed by atoms with Crippen LogP contribution in [0.3, 0.4) is 0 Å². The lowest BCUT2D eigenvalue weighted by Gasteiger charge is -2.26. The van der Waals surface area contributed by atoms with Crippen molar-refractivity contribution in [2.75, 3.05) is 13.1 Å². The fourth-order valence-corrected chi connectivity index (χ4v) is 2.08. The van der Waals surface area contributed by atoms with Crippen molar-refractivity contribution in [1.29, 1.82) is 0 Å². The van der Waals surface area contributed by atoms with E-state index >= 15 is 0 Å². The van der Waals surface area contributed by atoms with Crippen LogP contribution in [-0.2, 0) is 13.1 Å². The van der Waals surface area contributed by atoms with Crippen molar-refractivity contribution in [3.63, 3.8) is 0 Å². The topological polar surface area (TPSA) is 51.3 Å². The monoisotopic (exact) mass is 231 g/mol. The van der Waals surface area contributed by atoms with Gasteiger partial charge in [0.05, 0.1) is 19.4 Å². The Hall–Kier alpha value is -1.88. The molecule has 5 nitrogen and oxygen atoms in total. The van der Waals surface area contributed by atoms with Crippen molar-refractivity contribution < 1.29 is 9.21 Å². The number of rotatable bonds is 3. The van der Waals surface area contributed by atoms with E-state index in [-0.39, 0.29) is 5.78 Å². The minimum absolute atomic E-state index is 0.0232. The molecule has 17 heavy (non-hydrogen) atoms. The number of hydrogen-bond donors (Lipinski definition) is 0. The third-order valence-electron chi connectivity index (χ3n) is 2.99. The number of aromatic nitrogens is 2. The number of ketones is 1. The molecule has 1 aliphatic rings. The van der Waals surface area contributed by atoms with Crippen molar-refractivity contribution in [2.24, 2.45) is 0 Å². The molecule has 2 aromatic rings. The van der Waals surface area contributed by atoms with Crippen LogP contribution in [0.1, 0.15) is 16.4 Å². The molecule has 5 heteroatoms. The largest absolute Gasteiger partial charge is 0.461 e. The highest BCUT2D eigenvalue weighted by molar-refractivity contribution is 5.94. The average Bonchev–Trinajstić information content (AvgIpc) is 2.99. The van der Waals surface area contributed by atoms with Gasteiger partial charge >= 0.3 is 0 Å². The highest BCUT2D eigenvalue weighted by atomic mass is 16.3. The van der Waals surface area contributed by atoms with Gasteiger partial charge in [-0.1, -0.05) is 0 Å². The van der Waals surface area contributed by atoms with Gasteiger partial charge < -0.3 is 8.98 Å². The summed E-state index contributed by atoms with van der Waals surface area (Å²) in [6.07, 6.45) is 5.30. The van der Waals surface area contributed by atoms with E-state index in [1.54, 1.807) is 18.3 Å². The third kappa shape index (κ3) is 2.01. The SMILES string of the molecule is O=C(CN1CCn2ccnc2C1)c1ccco1. The molecule has 0 amide bonds. The Kier molecular flexibility index (Phi) is 2.53. The van der Waals surface area contributed by atoms with E-state index in [0.717, 1.165) is 25.5 Å². The van der Waals surface area contributed by atoms with Crippen LogP contribution in [0.25, 0.3) is 0 Å². The Morgan fingerprint density at radius 3 is 3.24 bits per heavy atom. The molecule has 3 heterocycles. The van der Waals surface area contributed by atoms with Crippen LogP contribution in [0.4, 0.5) is 0 Å². The molecule has 0 fully saturated rings. The summed E-state index contributed by atoms with van der Waals surface area (Å²) in [7, 11) is 0. The number of hydrogen-bond acceptors (Lipinski definition) is 4. The fourth-order valence-electron chi connectivity index (χ4n) is 2.08. The summed E-state index contributed by atoms with van der Waals surface area (Å²) in [5.74, 6) is 1.47. The number of imidazole rings is 1. The van der Waals surface area contributed by atoms with Crippen LogP contribution in [0.2, 0.25) is 0 Å². The van der Waals surface area contributed by atoms with Gasteiger partial charge in [-0.3, -0.25) is 9.69 Å². The van der Waals surface area contributed by atoms with Gasteiger partial charge in [-0.25, -0.2) is 4.98 Å². The Labute approximate surface area is 98.7 Å². The summed E-state index contributed by atoms with van der Waals surface area (Å²) < 4.78 is 7.21. The zero-order chi connectivity index (χ0) is 11.7. The lowest BCUT2D eigenvalue weighted by atomic mass is 10.2. The molecular formula is C12H13N3O2. The lowest BCUT2D eigenvalue weighted by Crippen LogP contribution is -2.37. The van der Waals surface area contributed by atoms with Crippen molar-refractivity contribution in [3.8, 4) is 0 Å². The maximum Gasteiger partial charge on any atom is 0.211 e. The van der Waals surface area contributed by atoms with Crippen LogP contribution in [0.5, 0.6) is 0 Å². The molecule has 0 saturated heterocycles. The molecule has 88 valence electrons. The number of furan rings is 1. The molecule has 0 unspecified atom stereocenters. The molecular weight excluding hydrogens is 218 g/mol. The second-order valence-electron chi connectivity index (χ2n) is 4.15. The van der Waals surface area contributed by atoms with E-state index in [0.29, 0.717) is 12.3 Å². The molecule has 0 radical (unpaired) electrons. The molecule has 0 spiro atoms. The summed E-state index contributed by atoms with van der Waals surface area (Å²) in [5.41, 5.74) is 0. The first-order valence-electron chi connectivity index (χ1n) is 5.62. The summed E-state index contributed by atoms with van der Waals surface area (Å²) in [6, 6.07) is 3.43. The number of carbonyl (C=O) groups excluding carboxylic acids is 1. The van der Waals surface area contributed by atoms with Crippen LogP contribution in [0, 0.1) is 0 Å². The van der Waals surface area contributed by atoms with Gasteiger partial charge in [0.1, 0.15) is 5.82 Å². The third-order valence-corrected chi connectivity index (χ3v) is 2.99. The van der Waals surface area contributed by atoms with Gasteiger partial charge in [0.2, 0.25) is 5.78 Å². The van der Waals surface area contributed by atoms with Crippen molar-refractivity contribution in [3.05, 3.63) is 42.4 Å². The summed E-state index contributed by atoms with van der Waals surface area (Å²) in [5, 5.41) is 0. The lowest BCUT2D eigenvalue weighted by molar-refractivity contribution is 0.0880. The highest BCUT2D eigenvalue weighted by Crippen LogP contribution is 2.11. The molecule has 3 rings (SSSR count). The molecule has 0 atom stereocenters. The van der Waals surface area contributed by atoms with E-state index in [1.807, 2.05) is 6.20 Å². The Bertz CT molecular complexity index is 516. The molecule has 2 aromatic heterocycles. The van der Waals surface area contributed by atoms with Crippen LogP contribution < -0.4 is 0 Å². The first kappa shape index (κ1) is 10.3. The van der Waals surface area contributed by atoms with E-state index in [4.69, 9.17) is 4.42 Å². The van der Waals surface area contributed by atoms with E-state index in [2.05, 4.69) is 14.5 Å². The Balaban J connectivity index is 1.66. The number of carbonyl (C=O) groups is 1. The molecule has 0 N–H and O–H groups in total. The molecule has 0 bridgehead atoms. The molecule has 0 saturated carbocycles. The minimum atomic E-state index is 0.0232. The summed E-state index contributed by atoms with van der Waals surface area (Å²) in [4.78, 5) is 18.2. The fraction of sp³-hybridized carbons (Fsp3) is 0.333. The van der Waals surface area contributed by atoms with Crippen molar-refractivity contribution in [2.45, 2.75) is 13.1 Å². The first-order chi connectivity index (χ1) is 8.33. The first-order valence-corrected chi connectivity index (χ1v) is 5.62. The molecule has 1 aliphatic heterocycles. The van der Waals surface area contributed by atoms with Gasteiger partial charge in [0.15, 0.2) is 5.76 Å². The molecule has 0 aromatic carbocycles. The summed E-state index contributed by atoms with van der Waals surface area (Å²) in [6.45, 7) is 2.87. The van der Waals surface area contributed by atoms with Crippen LogP contribution >= 0.6 is 0 Å². The zero-order valence-corrected chi connectivity index (χ0v) is 9.37. The van der Waals surface area contributed by atoms with Crippen LogP contribution in [0.15, 0.2) is 35.2 Å². The van der Waals surface area contributed by atoms with Gasteiger partial charge in [0, 0.05) is 25.5 Å². The van der Waals surface area contributed by atoms with Gasteiger partial charge in [-0.05, 0) is 12.1 Å². The maximum atomic E-state index is 11.9. The number of Topliss-reactive ketones (excluding diaryl/α,β-unsaturated/α-hetero) is 1. The molecule has 0 aliphatic carbocycles. The van der Waals surface area contributed by atoms with E-state index < -0.39 is 0 Å². The van der Waals surface area contributed by atoms with E-state index in [1.165, 1.54) is 6.26 Å².